The van der Waals surface area contributed by atoms with Crippen LogP contribution in [-0.4, -0.2) is 50.5 Å². The molecule has 9 heteroatoms. The molecule has 2 rings (SSSR count). The second kappa shape index (κ2) is 14.2. The van der Waals surface area contributed by atoms with Crippen molar-refractivity contribution in [3.8, 4) is 0 Å². The van der Waals surface area contributed by atoms with Crippen molar-refractivity contribution in [1.29, 1.82) is 0 Å². The summed E-state index contributed by atoms with van der Waals surface area (Å²) in [6.07, 6.45) is 3.89. The molecule has 1 unspecified atom stereocenters. The van der Waals surface area contributed by atoms with Crippen molar-refractivity contribution in [2.45, 2.75) is 65.5 Å². The number of nitrogens with one attached hydrogen (secondary N) is 1. The maximum absolute atomic E-state index is 13.5. The number of halogens is 1. The number of sulfonamides is 1. The van der Waals surface area contributed by atoms with Crippen LogP contribution in [0.3, 0.4) is 0 Å². The van der Waals surface area contributed by atoms with E-state index in [1.54, 1.807) is 29.2 Å². The number of benzene rings is 2. The third kappa shape index (κ3) is 8.82. The molecule has 36 heavy (non-hydrogen) atoms. The van der Waals surface area contributed by atoms with Crippen molar-refractivity contribution in [2.24, 2.45) is 0 Å². The maximum Gasteiger partial charge on any atom is 0.242 e. The van der Waals surface area contributed by atoms with E-state index in [1.807, 2.05) is 38.1 Å². The monoisotopic (exact) mass is 535 g/mol. The number of anilines is 1. The second-order valence-corrected chi connectivity index (χ2v) is 11.3. The molecule has 0 saturated heterocycles. The third-order valence-electron chi connectivity index (χ3n) is 6.08. The number of aryl methyl sites for hydroxylation is 1. The average Bonchev–Trinajstić information content (AvgIpc) is 2.83. The molecule has 0 fully saturated rings. The lowest BCUT2D eigenvalue weighted by Gasteiger charge is -2.31. The fourth-order valence-electron chi connectivity index (χ4n) is 4.01. The van der Waals surface area contributed by atoms with Crippen molar-refractivity contribution in [2.75, 3.05) is 23.7 Å². The SMILES string of the molecule is CCCCNC(=O)C(CC)N(Cc1ccccc1C)C(=O)CCCN(c1ccc(Cl)cc1)S(C)(=O)=O. The van der Waals surface area contributed by atoms with Gasteiger partial charge in [0.2, 0.25) is 21.8 Å². The van der Waals surface area contributed by atoms with Crippen molar-refractivity contribution in [1.82, 2.24) is 10.2 Å². The van der Waals surface area contributed by atoms with E-state index in [0.717, 1.165) is 30.2 Å². The van der Waals surface area contributed by atoms with Gasteiger partial charge in [0.15, 0.2) is 0 Å². The number of carbonyl (C=O) groups is 2. The van der Waals surface area contributed by atoms with E-state index in [2.05, 4.69) is 12.2 Å². The lowest BCUT2D eigenvalue weighted by molar-refractivity contribution is -0.141. The molecule has 1 N–H and O–H groups in total. The van der Waals surface area contributed by atoms with Gasteiger partial charge in [0.05, 0.1) is 11.9 Å². The first-order valence-corrected chi connectivity index (χ1v) is 14.7. The number of carbonyl (C=O) groups excluding carboxylic acids is 2. The zero-order valence-corrected chi connectivity index (χ0v) is 23.2. The molecule has 1 atom stereocenters. The van der Waals surface area contributed by atoms with Crippen LogP contribution in [-0.2, 0) is 26.2 Å². The van der Waals surface area contributed by atoms with Crippen LogP contribution in [0.4, 0.5) is 5.69 Å². The van der Waals surface area contributed by atoms with E-state index in [9.17, 15) is 18.0 Å². The van der Waals surface area contributed by atoms with Crippen LogP contribution in [0.15, 0.2) is 48.5 Å². The lowest BCUT2D eigenvalue weighted by Crippen LogP contribution is -2.49. The van der Waals surface area contributed by atoms with Crippen LogP contribution < -0.4 is 9.62 Å². The quantitative estimate of drug-likeness (QED) is 0.348. The van der Waals surface area contributed by atoms with Crippen molar-refractivity contribution >= 4 is 39.1 Å². The highest BCUT2D eigenvalue weighted by Crippen LogP contribution is 2.22. The summed E-state index contributed by atoms with van der Waals surface area (Å²) >= 11 is 5.95. The molecular formula is C27H38ClN3O4S. The number of hydrogen-bond acceptors (Lipinski definition) is 4. The predicted octanol–water partition coefficient (Wildman–Crippen LogP) is 4.92. The molecule has 198 valence electrons. The number of amides is 2. The molecule has 0 spiro atoms. The van der Waals surface area contributed by atoms with Crippen molar-refractivity contribution in [3.05, 3.63) is 64.7 Å². The molecule has 2 amide bonds. The van der Waals surface area contributed by atoms with Crippen LogP contribution in [0, 0.1) is 6.92 Å². The summed E-state index contributed by atoms with van der Waals surface area (Å²) in [5.74, 6) is -0.341. The van der Waals surface area contributed by atoms with Gasteiger partial charge in [0.1, 0.15) is 6.04 Å². The van der Waals surface area contributed by atoms with Gasteiger partial charge < -0.3 is 10.2 Å². The molecule has 2 aromatic rings. The Kier molecular flexibility index (Phi) is 11.7. The number of unbranched alkanes of at least 4 members (excludes halogenated alkanes) is 1. The maximum atomic E-state index is 13.5. The predicted molar refractivity (Wildman–Crippen MR) is 147 cm³/mol. The Morgan fingerprint density at radius 2 is 1.69 bits per heavy atom. The average molecular weight is 536 g/mol. The highest BCUT2D eigenvalue weighted by Gasteiger charge is 2.29. The van der Waals surface area contributed by atoms with Crippen molar-refractivity contribution in [3.63, 3.8) is 0 Å². The highest BCUT2D eigenvalue weighted by atomic mass is 35.5. The van der Waals surface area contributed by atoms with Gasteiger partial charge >= 0.3 is 0 Å². The molecule has 0 aliphatic rings. The first kappa shape index (κ1) is 29.6. The fraction of sp³-hybridized carbons (Fsp3) is 0.481. The molecule has 0 heterocycles. The van der Waals surface area contributed by atoms with Gasteiger partial charge in [0.25, 0.3) is 0 Å². The van der Waals surface area contributed by atoms with E-state index in [0.29, 0.717) is 36.6 Å². The van der Waals surface area contributed by atoms with Crippen LogP contribution in [0.25, 0.3) is 0 Å². The van der Waals surface area contributed by atoms with Crippen LogP contribution >= 0.6 is 11.6 Å². The third-order valence-corrected chi connectivity index (χ3v) is 7.53. The Labute approximate surface area is 220 Å². The summed E-state index contributed by atoms with van der Waals surface area (Å²) in [5, 5.41) is 3.47. The minimum absolute atomic E-state index is 0.115. The molecule has 0 aliphatic carbocycles. The summed E-state index contributed by atoms with van der Waals surface area (Å²) in [6, 6.07) is 13.8. The Balaban J connectivity index is 2.20. The summed E-state index contributed by atoms with van der Waals surface area (Å²) in [5.41, 5.74) is 2.51. The highest BCUT2D eigenvalue weighted by molar-refractivity contribution is 7.92. The molecule has 7 nitrogen and oxygen atoms in total. The van der Waals surface area contributed by atoms with E-state index < -0.39 is 16.1 Å². The van der Waals surface area contributed by atoms with Crippen LogP contribution in [0.5, 0.6) is 0 Å². The molecule has 0 bridgehead atoms. The number of rotatable bonds is 14. The fourth-order valence-corrected chi connectivity index (χ4v) is 5.10. The van der Waals surface area contributed by atoms with Gasteiger partial charge in [-0.2, -0.15) is 0 Å². The zero-order chi connectivity index (χ0) is 26.7. The molecule has 0 radical (unpaired) electrons. The summed E-state index contributed by atoms with van der Waals surface area (Å²) in [4.78, 5) is 28.1. The van der Waals surface area contributed by atoms with Gasteiger partial charge in [-0.1, -0.05) is 56.1 Å². The first-order chi connectivity index (χ1) is 17.1. The normalized spacial score (nSPS) is 12.1. The van der Waals surface area contributed by atoms with E-state index in [1.165, 1.54) is 4.31 Å². The Morgan fingerprint density at radius 3 is 2.28 bits per heavy atom. The largest absolute Gasteiger partial charge is 0.354 e. The Bertz CT molecular complexity index is 1110. The second-order valence-electron chi connectivity index (χ2n) is 8.93. The Morgan fingerprint density at radius 1 is 1.03 bits per heavy atom. The minimum atomic E-state index is -3.55. The molecular weight excluding hydrogens is 498 g/mol. The summed E-state index contributed by atoms with van der Waals surface area (Å²) in [6.45, 7) is 6.97. The molecule has 0 aromatic heterocycles. The topological polar surface area (TPSA) is 86.8 Å². The summed E-state index contributed by atoms with van der Waals surface area (Å²) < 4.78 is 26.1. The van der Waals surface area contributed by atoms with Gasteiger partial charge in [-0.3, -0.25) is 13.9 Å². The molecule has 0 saturated carbocycles. The van der Waals surface area contributed by atoms with Gasteiger partial charge in [-0.15, -0.1) is 0 Å². The first-order valence-electron chi connectivity index (χ1n) is 12.4. The van der Waals surface area contributed by atoms with E-state index in [4.69, 9.17) is 11.6 Å². The standard InChI is InChI=1S/C27H38ClN3O4S/c1-5-7-18-29-27(33)25(6-2)30(20-22-12-9-8-11-21(22)3)26(32)13-10-19-31(36(4,34)35)24-16-14-23(28)15-17-24/h8-9,11-12,14-17,25H,5-7,10,13,18-20H2,1-4H3,(H,29,33). The Hall–Kier alpha value is -2.58. The minimum Gasteiger partial charge on any atom is -0.354 e. The van der Waals surface area contributed by atoms with E-state index in [-0.39, 0.29) is 24.8 Å². The van der Waals surface area contributed by atoms with Crippen LogP contribution in [0.2, 0.25) is 5.02 Å². The molecule has 0 aliphatic heterocycles. The van der Waals surface area contributed by atoms with E-state index >= 15 is 0 Å². The van der Waals surface area contributed by atoms with Gasteiger partial charge in [-0.25, -0.2) is 8.42 Å². The van der Waals surface area contributed by atoms with Gasteiger partial charge in [-0.05, 0) is 61.6 Å². The van der Waals surface area contributed by atoms with Crippen LogP contribution in [0.1, 0.15) is 57.1 Å². The smallest absolute Gasteiger partial charge is 0.242 e. The lowest BCUT2D eigenvalue weighted by atomic mass is 10.1. The molecule has 2 aromatic carbocycles. The summed E-state index contributed by atoms with van der Waals surface area (Å²) in [7, 11) is -3.55. The zero-order valence-electron chi connectivity index (χ0n) is 21.7. The number of nitrogens with zero attached hydrogens (tertiary/aromatic N) is 2. The van der Waals surface area contributed by atoms with Crippen molar-refractivity contribution < 1.29 is 18.0 Å². The van der Waals surface area contributed by atoms with Gasteiger partial charge in [0, 0.05) is 31.1 Å². The number of hydrogen-bond donors (Lipinski definition) is 1.